The second-order valence-electron chi connectivity index (χ2n) is 3.35. The van der Waals surface area contributed by atoms with E-state index >= 15 is 0 Å². The van der Waals surface area contributed by atoms with Crippen molar-refractivity contribution in [2.45, 2.75) is 6.54 Å². The Morgan fingerprint density at radius 2 is 2.43 bits per heavy atom. The van der Waals surface area contributed by atoms with E-state index in [1.807, 2.05) is 11.6 Å². The van der Waals surface area contributed by atoms with Gasteiger partial charge in [0.2, 0.25) is 0 Å². The maximum atomic E-state index is 11.5. The molecule has 1 aliphatic rings. The van der Waals surface area contributed by atoms with Crippen molar-refractivity contribution in [3.05, 3.63) is 16.8 Å². The van der Waals surface area contributed by atoms with Gasteiger partial charge in [0.15, 0.2) is 5.65 Å². The van der Waals surface area contributed by atoms with Crippen molar-refractivity contribution in [1.29, 1.82) is 0 Å². The highest BCUT2D eigenvalue weighted by Crippen LogP contribution is 2.21. The third-order valence-corrected chi connectivity index (χ3v) is 2.47. The average molecular weight is 191 g/mol. The lowest BCUT2D eigenvalue weighted by Gasteiger charge is -2.03. The number of aromatic nitrogens is 4. The summed E-state index contributed by atoms with van der Waals surface area (Å²) >= 11 is 0. The van der Waals surface area contributed by atoms with Gasteiger partial charge in [0.05, 0.1) is 6.33 Å². The van der Waals surface area contributed by atoms with Gasteiger partial charge in [-0.3, -0.25) is 4.57 Å². The first-order valence-electron chi connectivity index (χ1n) is 4.43. The van der Waals surface area contributed by atoms with Crippen LogP contribution >= 0.6 is 0 Å². The van der Waals surface area contributed by atoms with Crippen LogP contribution < -0.4 is 11.0 Å². The molecular weight excluding hydrogens is 182 g/mol. The molecule has 0 aromatic carbocycles. The van der Waals surface area contributed by atoms with Gasteiger partial charge in [-0.15, -0.1) is 0 Å². The number of fused-ring (bicyclic) bond motifs is 3. The second-order valence-corrected chi connectivity index (χ2v) is 3.35. The maximum absolute atomic E-state index is 11.5. The summed E-state index contributed by atoms with van der Waals surface area (Å²) < 4.78 is 3.51. The van der Waals surface area contributed by atoms with Crippen molar-refractivity contribution in [2.75, 3.05) is 11.9 Å². The fourth-order valence-corrected chi connectivity index (χ4v) is 1.82. The summed E-state index contributed by atoms with van der Waals surface area (Å²) in [5.41, 5.74) is 1.18. The van der Waals surface area contributed by atoms with Crippen LogP contribution in [0.15, 0.2) is 11.1 Å². The van der Waals surface area contributed by atoms with Crippen molar-refractivity contribution in [3.8, 4) is 0 Å². The van der Waals surface area contributed by atoms with Crippen molar-refractivity contribution in [3.63, 3.8) is 0 Å². The quantitative estimate of drug-likeness (QED) is 0.613. The topological polar surface area (TPSA) is 64.7 Å². The molecule has 0 fully saturated rings. The third-order valence-electron chi connectivity index (χ3n) is 2.47. The summed E-state index contributed by atoms with van der Waals surface area (Å²) in [5, 5.41) is 3.17. The number of hydrogen-bond acceptors (Lipinski definition) is 4. The predicted molar refractivity (Wildman–Crippen MR) is 51.3 cm³/mol. The van der Waals surface area contributed by atoms with Gasteiger partial charge in [0.25, 0.3) is 0 Å². The Labute approximate surface area is 79.2 Å². The van der Waals surface area contributed by atoms with Crippen LogP contribution in [0.4, 0.5) is 5.82 Å². The molecule has 14 heavy (non-hydrogen) atoms. The number of nitrogens with zero attached hydrogens (tertiary/aromatic N) is 4. The largest absolute Gasteiger partial charge is 0.368 e. The maximum Gasteiger partial charge on any atom is 0.351 e. The molecule has 0 saturated heterocycles. The molecule has 0 aliphatic carbocycles. The Bertz CT molecular complexity index is 567. The molecule has 0 bridgehead atoms. The number of anilines is 1. The molecule has 0 unspecified atom stereocenters. The summed E-state index contributed by atoms with van der Waals surface area (Å²) in [6.07, 6.45) is 1.66. The summed E-state index contributed by atoms with van der Waals surface area (Å²) in [4.78, 5) is 19.5. The molecular formula is C8H9N5O. The summed E-state index contributed by atoms with van der Waals surface area (Å²) in [7, 11) is 1.89. The van der Waals surface area contributed by atoms with Gasteiger partial charge in [-0.05, 0) is 0 Å². The highest BCUT2D eigenvalue weighted by molar-refractivity contribution is 5.83. The predicted octanol–water partition coefficient (Wildman–Crippen LogP) is -0.445. The molecule has 2 aromatic rings. The van der Waals surface area contributed by atoms with E-state index in [0.29, 0.717) is 12.2 Å². The standard InChI is InChI=1S/C8H9N5O/c1-12-4-10-6-5(12)7-9-2-3-13(7)8(14)11-6/h4,9H,2-3H2,1H3. The smallest absolute Gasteiger partial charge is 0.351 e. The Morgan fingerprint density at radius 1 is 1.57 bits per heavy atom. The van der Waals surface area contributed by atoms with Crippen LogP contribution in [0.1, 0.15) is 0 Å². The van der Waals surface area contributed by atoms with Gasteiger partial charge >= 0.3 is 5.69 Å². The van der Waals surface area contributed by atoms with E-state index in [4.69, 9.17) is 0 Å². The molecule has 0 radical (unpaired) electrons. The van der Waals surface area contributed by atoms with E-state index < -0.39 is 0 Å². The number of imidazole rings is 1. The lowest BCUT2D eigenvalue weighted by molar-refractivity contribution is 0.747. The molecule has 0 amide bonds. The van der Waals surface area contributed by atoms with Crippen LogP contribution in [-0.2, 0) is 13.6 Å². The van der Waals surface area contributed by atoms with Crippen LogP contribution in [0, 0.1) is 0 Å². The zero-order valence-electron chi connectivity index (χ0n) is 7.69. The Kier molecular flexibility index (Phi) is 1.26. The minimum absolute atomic E-state index is 0.226. The molecule has 0 atom stereocenters. The minimum atomic E-state index is -0.226. The van der Waals surface area contributed by atoms with Gasteiger partial charge in [-0.2, -0.15) is 4.98 Å². The molecule has 3 rings (SSSR count). The Balaban J connectivity index is 2.55. The van der Waals surface area contributed by atoms with Crippen molar-refractivity contribution >= 4 is 17.0 Å². The Morgan fingerprint density at radius 3 is 3.29 bits per heavy atom. The first-order valence-corrected chi connectivity index (χ1v) is 4.43. The zero-order valence-corrected chi connectivity index (χ0v) is 7.69. The van der Waals surface area contributed by atoms with Crippen molar-refractivity contribution in [2.24, 2.45) is 7.05 Å². The lowest BCUT2D eigenvalue weighted by Crippen LogP contribution is -2.21. The van der Waals surface area contributed by atoms with Crippen LogP contribution in [-0.4, -0.2) is 25.6 Å². The minimum Gasteiger partial charge on any atom is -0.368 e. The van der Waals surface area contributed by atoms with Crippen LogP contribution in [0.3, 0.4) is 0 Å². The van der Waals surface area contributed by atoms with Gasteiger partial charge in [0.1, 0.15) is 11.3 Å². The van der Waals surface area contributed by atoms with Crippen LogP contribution in [0.5, 0.6) is 0 Å². The summed E-state index contributed by atoms with van der Waals surface area (Å²) in [6, 6.07) is 0. The first-order chi connectivity index (χ1) is 6.77. The summed E-state index contributed by atoms with van der Waals surface area (Å²) in [6.45, 7) is 1.46. The summed E-state index contributed by atoms with van der Waals surface area (Å²) in [5.74, 6) is 0.833. The van der Waals surface area contributed by atoms with E-state index in [1.165, 1.54) is 0 Å². The molecule has 1 N–H and O–H groups in total. The fraction of sp³-hybridized carbons (Fsp3) is 0.375. The van der Waals surface area contributed by atoms with E-state index in [-0.39, 0.29) is 5.69 Å². The molecule has 0 spiro atoms. The number of aryl methyl sites for hydroxylation is 1. The van der Waals surface area contributed by atoms with Crippen molar-refractivity contribution in [1.82, 2.24) is 19.1 Å². The monoisotopic (exact) mass is 191 g/mol. The number of nitrogens with one attached hydrogen (secondary N) is 1. The zero-order chi connectivity index (χ0) is 9.71. The van der Waals surface area contributed by atoms with E-state index in [9.17, 15) is 4.79 Å². The normalized spacial score (nSPS) is 14.4. The van der Waals surface area contributed by atoms with Gasteiger partial charge in [-0.1, -0.05) is 0 Å². The van der Waals surface area contributed by atoms with E-state index in [2.05, 4.69) is 15.3 Å². The van der Waals surface area contributed by atoms with Crippen molar-refractivity contribution < 1.29 is 0 Å². The van der Waals surface area contributed by atoms with Crippen LogP contribution in [0.2, 0.25) is 0 Å². The fourth-order valence-electron chi connectivity index (χ4n) is 1.82. The van der Waals surface area contributed by atoms with Gasteiger partial charge in [0, 0.05) is 20.1 Å². The van der Waals surface area contributed by atoms with Gasteiger partial charge < -0.3 is 9.88 Å². The van der Waals surface area contributed by atoms with E-state index in [1.54, 1.807) is 10.9 Å². The second kappa shape index (κ2) is 2.34. The SMILES string of the molecule is Cn1cnc2nc(=O)n3c(c21)NCC3. The average Bonchev–Trinajstić information content (AvgIpc) is 2.72. The Hall–Kier alpha value is -1.85. The molecule has 3 heterocycles. The van der Waals surface area contributed by atoms with Gasteiger partial charge in [-0.25, -0.2) is 9.78 Å². The number of rotatable bonds is 0. The van der Waals surface area contributed by atoms with E-state index in [0.717, 1.165) is 17.9 Å². The van der Waals surface area contributed by atoms with Crippen LogP contribution in [0.25, 0.3) is 11.2 Å². The lowest BCUT2D eigenvalue weighted by atomic mass is 10.5. The highest BCUT2D eigenvalue weighted by atomic mass is 16.1. The molecule has 1 aliphatic heterocycles. The molecule has 6 heteroatoms. The third kappa shape index (κ3) is 0.773. The molecule has 2 aromatic heterocycles. The molecule has 0 saturated carbocycles. The first kappa shape index (κ1) is 7.54. The number of hydrogen-bond donors (Lipinski definition) is 1. The highest BCUT2D eigenvalue weighted by Gasteiger charge is 2.18. The molecule has 6 nitrogen and oxygen atoms in total. The molecule has 72 valence electrons.